The number of rotatable bonds is 5. The molecule has 2 aliphatic rings. The molecule has 0 radical (unpaired) electrons. The fourth-order valence-electron chi connectivity index (χ4n) is 4.75. The normalized spacial score (nSPS) is 14.8. The topological polar surface area (TPSA) is 171 Å². The third-order valence-electron chi connectivity index (χ3n) is 7.15. The van der Waals surface area contributed by atoms with E-state index in [-0.39, 0.29) is 35.1 Å². The SMILES string of the molecule is O=Cc1cc(F)cc(F)c1O.O=c1cc(N2CCN(Cc3cc(F)cc(F)c3O)CC2)nc[nH]1.O=c1cc(N2CCNCC2)nc[nH]1. The molecule has 47 heavy (non-hydrogen) atoms. The van der Waals surface area contributed by atoms with Crippen LogP contribution in [0.25, 0.3) is 0 Å². The smallest absolute Gasteiger partial charge is 0.252 e. The van der Waals surface area contributed by atoms with Crippen LogP contribution < -0.4 is 26.2 Å². The van der Waals surface area contributed by atoms with Gasteiger partial charge < -0.3 is 35.3 Å². The molecule has 2 saturated heterocycles. The lowest BCUT2D eigenvalue weighted by atomic mass is 10.1. The number of halogens is 4. The van der Waals surface area contributed by atoms with Crippen LogP contribution in [0, 0.1) is 23.3 Å². The third kappa shape index (κ3) is 9.85. The highest BCUT2D eigenvalue weighted by Crippen LogP contribution is 2.25. The standard InChI is InChI=1S/C15H16F2N4O2.C8H12N4O.C7H4F2O2/c16-11-5-10(15(23)12(17)6-11)8-20-1-3-21(4-2-20)13-7-14(22)19-9-18-13;13-8-5-7(10-6-11-8)12-3-1-9-2-4-12;8-5-1-4(3-10)7(11)6(9)2-5/h5-7,9,23H,1-4,8H2,(H,18,19,22);5-6,9H,1-4H2,(H,10,11,13);1-3,11H. The van der Waals surface area contributed by atoms with Crippen molar-refractivity contribution in [1.29, 1.82) is 0 Å². The van der Waals surface area contributed by atoms with Crippen molar-refractivity contribution in [2.45, 2.75) is 6.54 Å². The molecular formula is C30H32F4N8O5. The number of hydrogen-bond acceptors (Lipinski definition) is 11. The van der Waals surface area contributed by atoms with Crippen molar-refractivity contribution in [3.8, 4) is 11.5 Å². The van der Waals surface area contributed by atoms with Gasteiger partial charge >= 0.3 is 0 Å². The number of nitrogens with zero attached hydrogens (tertiary/aromatic N) is 5. The molecule has 2 aromatic carbocycles. The molecule has 2 aliphatic heterocycles. The van der Waals surface area contributed by atoms with Crippen LogP contribution in [-0.2, 0) is 6.54 Å². The number of phenols is 2. The van der Waals surface area contributed by atoms with Gasteiger partial charge in [-0.1, -0.05) is 0 Å². The van der Waals surface area contributed by atoms with Crippen molar-refractivity contribution in [2.24, 2.45) is 0 Å². The summed E-state index contributed by atoms with van der Waals surface area (Å²) in [6, 6.07) is 6.03. The van der Waals surface area contributed by atoms with Gasteiger partial charge in [-0.05, 0) is 12.1 Å². The lowest BCUT2D eigenvalue weighted by molar-refractivity contribution is 0.111. The van der Waals surface area contributed by atoms with Crippen molar-refractivity contribution >= 4 is 17.9 Å². The largest absolute Gasteiger partial charge is 0.505 e. The molecule has 4 aromatic rings. The summed E-state index contributed by atoms with van der Waals surface area (Å²) in [6.07, 6.45) is 2.98. The molecule has 0 bridgehead atoms. The van der Waals surface area contributed by atoms with Gasteiger partial charge in [0.05, 0.1) is 18.2 Å². The maximum atomic E-state index is 13.4. The summed E-state index contributed by atoms with van der Waals surface area (Å²) in [5.41, 5.74) is -0.464. The first kappa shape index (κ1) is 34.6. The van der Waals surface area contributed by atoms with Crippen molar-refractivity contribution in [3.05, 3.63) is 104 Å². The molecule has 2 fully saturated rings. The van der Waals surface area contributed by atoms with Gasteiger partial charge in [-0.15, -0.1) is 0 Å². The van der Waals surface area contributed by atoms with Crippen molar-refractivity contribution in [2.75, 3.05) is 62.2 Å². The predicted molar refractivity (Wildman–Crippen MR) is 164 cm³/mol. The van der Waals surface area contributed by atoms with E-state index in [1.807, 2.05) is 9.80 Å². The molecule has 4 heterocycles. The number of carbonyl (C=O) groups excluding carboxylic acids is 1. The van der Waals surface area contributed by atoms with E-state index in [0.29, 0.717) is 44.1 Å². The quantitative estimate of drug-likeness (QED) is 0.156. The lowest BCUT2D eigenvalue weighted by Gasteiger charge is -2.35. The van der Waals surface area contributed by atoms with Gasteiger partial charge in [0.25, 0.3) is 11.1 Å². The highest BCUT2D eigenvalue weighted by Gasteiger charge is 2.20. The minimum Gasteiger partial charge on any atom is -0.505 e. The highest BCUT2D eigenvalue weighted by atomic mass is 19.1. The summed E-state index contributed by atoms with van der Waals surface area (Å²) in [7, 11) is 0. The van der Waals surface area contributed by atoms with E-state index in [4.69, 9.17) is 5.11 Å². The molecule has 0 aliphatic carbocycles. The van der Waals surface area contributed by atoms with E-state index in [1.165, 1.54) is 24.8 Å². The molecular weight excluding hydrogens is 628 g/mol. The number of aromatic hydroxyl groups is 2. The van der Waals surface area contributed by atoms with Crippen LogP contribution in [0.2, 0.25) is 0 Å². The Bertz CT molecular complexity index is 1780. The van der Waals surface area contributed by atoms with Crippen molar-refractivity contribution in [3.63, 3.8) is 0 Å². The Morgan fingerprint density at radius 3 is 1.74 bits per heavy atom. The van der Waals surface area contributed by atoms with E-state index < -0.39 is 34.8 Å². The van der Waals surface area contributed by atoms with Gasteiger partial charge in [-0.2, -0.15) is 0 Å². The van der Waals surface area contributed by atoms with Gasteiger partial charge in [0, 0.05) is 88.7 Å². The molecule has 13 nitrogen and oxygen atoms in total. The van der Waals surface area contributed by atoms with Gasteiger partial charge in [0.2, 0.25) is 0 Å². The van der Waals surface area contributed by atoms with Crippen LogP contribution in [0.4, 0.5) is 29.2 Å². The number of aldehydes is 1. The summed E-state index contributed by atoms with van der Waals surface area (Å²) in [5, 5.41) is 21.7. The number of hydrogen-bond donors (Lipinski definition) is 5. The maximum Gasteiger partial charge on any atom is 0.252 e. The lowest BCUT2D eigenvalue weighted by Crippen LogP contribution is -2.46. The molecule has 2 aromatic heterocycles. The zero-order valence-corrected chi connectivity index (χ0v) is 24.9. The van der Waals surface area contributed by atoms with Crippen LogP contribution >= 0.6 is 0 Å². The molecule has 0 saturated carbocycles. The Morgan fingerprint density at radius 1 is 0.702 bits per heavy atom. The first-order valence-electron chi connectivity index (χ1n) is 14.4. The minimum absolute atomic E-state index is 0.0940. The summed E-state index contributed by atoms with van der Waals surface area (Å²) in [4.78, 5) is 51.6. The van der Waals surface area contributed by atoms with E-state index in [9.17, 15) is 37.1 Å². The van der Waals surface area contributed by atoms with Crippen LogP contribution in [0.1, 0.15) is 15.9 Å². The number of benzene rings is 2. The van der Waals surface area contributed by atoms with Gasteiger partial charge in [0.15, 0.2) is 29.4 Å². The molecule has 0 atom stereocenters. The number of piperazine rings is 2. The van der Waals surface area contributed by atoms with Crippen molar-refractivity contribution < 1.29 is 32.6 Å². The number of nitrogens with one attached hydrogen (secondary N) is 3. The van der Waals surface area contributed by atoms with Crippen molar-refractivity contribution in [1.82, 2.24) is 30.2 Å². The van der Waals surface area contributed by atoms with E-state index in [1.54, 1.807) is 0 Å². The average molecular weight is 661 g/mol. The molecule has 0 unspecified atom stereocenters. The Hall–Kier alpha value is -5.29. The summed E-state index contributed by atoms with van der Waals surface area (Å²) < 4.78 is 51.3. The number of aromatic amines is 2. The molecule has 6 rings (SSSR count). The van der Waals surface area contributed by atoms with E-state index in [2.05, 4.69) is 30.2 Å². The van der Waals surface area contributed by atoms with Gasteiger partial charge in [-0.25, -0.2) is 27.5 Å². The number of phenolic OH excluding ortho intramolecular Hbond substituents is 2. The number of H-pyrrole nitrogens is 2. The number of anilines is 2. The van der Waals surface area contributed by atoms with Gasteiger partial charge in [0.1, 0.15) is 23.3 Å². The zero-order chi connectivity index (χ0) is 33.9. The second-order valence-electron chi connectivity index (χ2n) is 10.4. The zero-order valence-electron chi connectivity index (χ0n) is 24.9. The van der Waals surface area contributed by atoms with Crippen LogP contribution in [0.15, 0.2) is 58.6 Å². The Kier molecular flexibility index (Phi) is 12.0. The molecule has 0 amide bonds. The predicted octanol–water partition coefficient (Wildman–Crippen LogP) is 1.74. The Labute approximate surface area is 265 Å². The van der Waals surface area contributed by atoms with Crippen LogP contribution in [-0.4, -0.2) is 93.7 Å². The van der Waals surface area contributed by atoms with E-state index in [0.717, 1.165) is 44.1 Å². The second kappa shape index (κ2) is 16.3. The molecule has 17 heteroatoms. The third-order valence-corrected chi connectivity index (χ3v) is 7.15. The Morgan fingerprint density at radius 2 is 1.21 bits per heavy atom. The second-order valence-corrected chi connectivity index (χ2v) is 10.4. The monoisotopic (exact) mass is 660 g/mol. The fourth-order valence-corrected chi connectivity index (χ4v) is 4.75. The first-order chi connectivity index (χ1) is 22.5. The van der Waals surface area contributed by atoms with Crippen LogP contribution in [0.3, 0.4) is 0 Å². The fraction of sp³-hybridized carbons (Fsp3) is 0.300. The maximum absolute atomic E-state index is 13.4. The highest BCUT2D eigenvalue weighted by molar-refractivity contribution is 5.79. The summed E-state index contributed by atoms with van der Waals surface area (Å²) >= 11 is 0. The minimum atomic E-state index is -1.13. The molecule has 5 N–H and O–H groups in total. The van der Waals surface area contributed by atoms with E-state index >= 15 is 0 Å². The number of carbonyl (C=O) groups is 1. The summed E-state index contributed by atoms with van der Waals surface area (Å²) in [6.45, 7) is 6.52. The van der Waals surface area contributed by atoms with Crippen LogP contribution in [0.5, 0.6) is 11.5 Å². The Balaban J connectivity index is 0.000000176. The summed E-state index contributed by atoms with van der Waals surface area (Å²) in [5.74, 6) is -3.63. The molecule has 250 valence electrons. The molecule has 0 spiro atoms. The first-order valence-corrected chi connectivity index (χ1v) is 14.4. The van der Waals surface area contributed by atoms with Gasteiger partial charge in [-0.3, -0.25) is 19.3 Å². The average Bonchev–Trinajstić information content (AvgIpc) is 3.06. The number of aromatic nitrogens is 4.